The van der Waals surface area contributed by atoms with Gasteiger partial charge in [-0.3, -0.25) is 0 Å². The predicted octanol–water partition coefficient (Wildman–Crippen LogP) is 2.26. The summed E-state index contributed by atoms with van der Waals surface area (Å²) in [4.78, 5) is 16.8. The summed E-state index contributed by atoms with van der Waals surface area (Å²) in [5.74, 6) is -0.283. The van der Waals surface area contributed by atoms with Crippen LogP contribution in [0.25, 0.3) is 0 Å². The largest absolute Gasteiger partial charge is 0.477 e. The lowest BCUT2D eigenvalue weighted by Gasteiger charge is -2.47. The fraction of sp³-hybridized carbons (Fsp3) is 0.538. The second-order valence-corrected chi connectivity index (χ2v) is 5.67. The van der Waals surface area contributed by atoms with Crippen molar-refractivity contribution in [2.24, 2.45) is 11.3 Å². The van der Waals surface area contributed by atoms with E-state index in [2.05, 4.69) is 30.7 Å². The third kappa shape index (κ3) is 2.40. The maximum atomic E-state index is 10.7. The van der Waals surface area contributed by atoms with Crippen LogP contribution in [0.5, 0.6) is 0 Å². The van der Waals surface area contributed by atoms with Gasteiger partial charge in [0.15, 0.2) is 0 Å². The SMILES string of the molecule is CC(C)(C)C1CN(c2ccc(C(=O)O)nc2)C1. The third-order valence-corrected chi connectivity index (χ3v) is 3.44. The van der Waals surface area contributed by atoms with Crippen LogP contribution in [0.2, 0.25) is 0 Å². The zero-order valence-corrected chi connectivity index (χ0v) is 10.5. The summed E-state index contributed by atoms with van der Waals surface area (Å²) in [6, 6.07) is 3.39. The molecule has 1 aromatic heterocycles. The summed E-state index contributed by atoms with van der Waals surface area (Å²) in [7, 11) is 0. The first-order chi connectivity index (χ1) is 7.88. The number of aromatic carboxylic acids is 1. The molecule has 1 fully saturated rings. The summed E-state index contributed by atoms with van der Waals surface area (Å²) in [6.07, 6.45) is 1.64. The number of hydrogen-bond acceptors (Lipinski definition) is 3. The van der Waals surface area contributed by atoms with Crippen LogP contribution in [0.3, 0.4) is 0 Å². The molecule has 2 rings (SSSR count). The number of hydrogen-bond donors (Lipinski definition) is 1. The van der Waals surface area contributed by atoms with Crippen LogP contribution >= 0.6 is 0 Å². The second-order valence-electron chi connectivity index (χ2n) is 5.67. The first kappa shape index (κ1) is 11.9. The molecular weight excluding hydrogens is 216 g/mol. The Morgan fingerprint density at radius 1 is 1.41 bits per heavy atom. The van der Waals surface area contributed by atoms with Crippen molar-refractivity contribution >= 4 is 11.7 Å². The minimum atomic E-state index is -0.979. The van der Waals surface area contributed by atoms with Crippen molar-refractivity contribution < 1.29 is 9.90 Å². The molecule has 1 saturated heterocycles. The highest BCUT2D eigenvalue weighted by atomic mass is 16.4. The number of anilines is 1. The Hall–Kier alpha value is -1.58. The van der Waals surface area contributed by atoms with E-state index in [1.807, 2.05) is 6.07 Å². The minimum absolute atomic E-state index is 0.0987. The van der Waals surface area contributed by atoms with Crippen molar-refractivity contribution in [3.63, 3.8) is 0 Å². The van der Waals surface area contributed by atoms with Gasteiger partial charge in [-0.15, -0.1) is 0 Å². The smallest absolute Gasteiger partial charge is 0.354 e. The Labute approximate surface area is 101 Å². The molecule has 1 N–H and O–H groups in total. The number of carboxylic acid groups (broad SMARTS) is 1. The Balaban J connectivity index is 2.00. The molecule has 1 aliphatic heterocycles. The number of carbonyl (C=O) groups is 1. The maximum Gasteiger partial charge on any atom is 0.354 e. The molecule has 0 radical (unpaired) electrons. The van der Waals surface area contributed by atoms with Crippen LogP contribution in [0.1, 0.15) is 31.3 Å². The molecule has 0 amide bonds. The predicted molar refractivity (Wildman–Crippen MR) is 66.4 cm³/mol. The highest BCUT2D eigenvalue weighted by Crippen LogP contribution is 2.35. The van der Waals surface area contributed by atoms with Gasteiger partial charge in [-0.05, 0) is 23.5 Å². The number of nitrogens with zero attached hydrogens (tertiary/aromatic N) is 2. The molecule has 2 heterocycles. The number of aromatic nitrogens is 1. The zero-order chi connectivity index (χ0) is 12.6. The molecule has 0 aliphatic carbocycles. The maximum absolute atomic E-state index is 10.7. The molecule has 0 atom stereocenters. The van der Waals surface area contributed by atoms with Gasteiger partial charge in [-0.1, -0.05) is 20.8 Å². The van der Waals surface area contributed by atoms with Crippen LogP contribution in [-0.4, -0.2) is 29.1 Å². The van der Waals surface area contributed by atoms with E-state index < -0.39 is 5.97 Å². The molecule has 4 heteroatoms. The van der Waals surface area contributed by atoms with Gasteiger partial charge in [0, 0.05) is 13.1 Å². The van der Waals surface area contributed by atoms with Crippen LogP contribution < -0.4 is 4.90 Å². The van der Waals surface area contributed by atoms with Gasteiger partial charge in [0.1, 0.15) is 5.69 Å². The van der Waals surface area contributed by atoms with Crippen molar-refractivity contribution in [2.75, 3.05) is 18.0 Å². The molecule has 1 aromatic rings. The van der Waals surface area contributed by atoms with Crippen molar-refractivity contribution in [3.05, 3.63) is 24.0 Å². The van der Waals surface area contributed by atoms with Gasteiger partial charge in [0.2, 0.25) is 0 Å². The van der Waals surface area contributed by atoms with E-state index in [4.69, 9.17) is 5.11 Å². The van der Waals surface area contributed by atoms with Crippen LogP contribution in [0.15, 0.2) is 18.3 Å². The normalized spacial score (nSPS) is 16.8. The first-order valence-electron chi connectivity index (χ1n) is 5.82. The summed E-state index contributed by atoms with van der Waals surface area (Å²) in [5.41, 5.74) is 1.45. The van der Waals surface area contributed by atoms with Crippen LogP contribution in [0, 0.1) is 11.3 Å². The van der Waals surface area contributed by atoms with E-state index in [9.17, 15) is 4.79 Å². The standard InChI is InChI=1S/C13H18N2O2/c1-13(2,3)9-7-15(8-9)10-4-5-11(12(16)17)14-6-10/h4-6,9H,7-8H2,1-3H3,(H,16,17). The zero-order valence-electron chi connectivity index (χ0n) is 10.5. The van der Waals surface area contributed by atoms with Gasteiger partial charge < -0.3 is 10.0 Å². The molecule has 0 aromatic carbocycles. The number of pyridine rings is 1. The van der Waals surface area contributed by atoms with Crippen molar-refractivity contribution in [1.29, 1.82) is 0 Å². The van der Waals surface area contributed by atoms with Gasteiger partial charge in [0.05, 0.1) is 11.9 Å². The Morgan fingerprint density at radius 3 is 2.47 bits per heavy atom. The van der Waals surface area contributed by atoms with Gasteiger partial charge in [-0.2, -0.15) is 0 Å². The molecule has 92 valence electrons. The van der Waals surface area contributed by atoms with E-state index in [1.165, 1.54) is 0 Å². The van der Waals surface area contributed by atoms with Crippen molar-refractivity contribution in [1.82, 2.24) is 4.98 Å². The van der Waals surface area contributed by atoms with E-state index in [-0.39, 0.29) is 5.69 Å². The number of rotatable bonds is 2. The highest BCUT2D eigenvalue weighted by Gasteiger charge is 2.35. The van der Waals surface area contributed by atoms with E-state index in [0.717, 1.165) is 18.8 Å². The summed E-state index contributed by atoms with van der Waals surface area (Å²) in [6.45, 7) is 8.80. The van der Waals surface area contributed by atoms with E-state index in [0.29, 0.717) is 11.3 Å². The van der Waals surface area contributed by atoms with E-state index in [1.54, 1.807) is 12.3 Å². The quantitative estimate of drug-likeness (QED) is 0.852. The molecule has 4 nitrogen and oxygen atoms in total. The average Bonchev–Trinajstić information content (AvgIpc) is 2.13. The average molecular weight is 234 g/mol. The van der Waals surface area contributed by atoms with Crippen LogP contribution in [0.4, 0.5) is 5.69 Å². The fourth-order valence-corrected chi connectivity index (χ4v) is 1.94. The Morgan fingerprint density at radius 2 is 2.06 bits per heavy atom. The van der Waals surface area contributed by atoms with Crippen LogP contribution in [-0.2, 0) is 0 Å². The molecule has 0 spiro atoms. The van der Waals surface area contributed by atoms with Gasteiger partial charge in [0.25, 0.3) is 0 Å². The van der Waals surface area contributed by atoms with Gasteiger partial charge >= 0.3 is 5.97 Å². The Bertz CT molecular complexity index is 414. The molecule has 0 bridgehead atoms. The molecule has 17 heavy (non-hydrogen) atoms. The summed E-state index contributed by atoms with van der Waals surface area (Å²) < 4.78 is 0. The number of carboxylic acids is 1. The molecule has 1 aliphatic rings. The fourth-order valence-electron chi connectivity index (χ4n) is 1.94. The Kier molecular flexibility index (Phi) is 2.81. The van der Waals surface area contributed by atoms with E-state index >= 15 is 0 Å². The second kappa shape index (κ2) is 4.02. The summed E-state index contributed by atoms with van der Waals surface area (Å²) in [5, 5.41) is 8.76. The highest BCUT2D eigenvalue weighted by molar-refractivity contribution is 5.85. The third-order valence-electron chi connectivity index (χ3n) is 3.44. The van der Waals surface area contributed by atoms with Gasteiger partial charge in [-0.25, -0.2) is 9.78 Å². The summed E-state index contributed by atoms with van der Waals surface area (Å²) >= 11 is 0. The molecule has 0 unspecified atom stereocenters. The topological polar surface area (TPSA) is 53.4 Å². The van der Waals surface area contributed by atoms with Crippen molar-refractivity contribution in [3.8, 4) is 0 Å². The molecular formula is C13H18N2O2. The monoisotopic (exact) mass is 234 g/mol. The lowest BCUT2D eigenvalue weighted by Crippen LogP contribution is -2.52. The van der Waals surface area contributed by atoms with Crippen molar-refractivity contribution in [2.45, 2.75) is 20.8 Å². The lowest BCUT2D eigenvalue weighted by atomic mass is 9.76. The first-order valence-corrected chi connectivity index (χ1v) is 5.82. The minimum Gasteiger partial charge on any atom is -0.477 e. The molecule has 0 saturated carbocycles. The lowest BCUT2D eigenvalue weighted by molar-refractivity contribution is 0.0690.